The second-order valence-corrected chi connectivity index (χ2v) is 8.25. The van der Waals surface area contributed by atoms with Crippen LogP contribution in [0.2, 0.25) is 10.0 Å². The molecule has 0 spiro atoms. The summed E-state index contributed by atoms with van der Waals surface area (Å²) in [6.45, 7) is 2.12. The first-order valence-electron chi connectivity index (χ1n) is 9.56. The lowest BCUT2D eigenvalue weighted by molar-refractivity contribution is -0.122. The topological polar surface area (TPSA) is 46.2 Å². The normalized spacial score (nSPS) is 22.1. The van der Waals surface area contributed by atoms with Crippen molar-refractivity contribution in [3.8, 4) is 0 Å². The SMILES string of the molecule is CCc1ccc(C2CC(=O)C3=C(C2)NC(=O)CC3c2cccc(Cl)c2Cl)cc1. The molecule has 28 heavy (non-hydrogen) atoms. The predicted octanol–water partition coefficient (Wildman–Crippen LogP) is 5.56. The van der Waals surface area contributed by atoms with E-state index in [4.69, 9.17) is 23.2 Å². The average Bonchev–Trinajstić information content (AvgIpc) is 2.69. The van der Waals surface area contributed by atoms with Gasteiger partial charge in [0.15, 0.2) is 5.78 Å². The number of amides is 1. The molecular formula is C23H21Cl2NO2. The minimum absolute atomic E-state index is 0.0750. The molecule has 0 aromatic heterocycles. The number of hydrogen-bond donors (Lipinski definition) is 1. The zero-order chi connectivity index (χ0) is 19.8. The molecule has 1 amide bonds. The number of nitrogens with one attached hydrogen (secondary N) is 1. The molecule has 0 bridgehead atoms. The first-order chi connectivity index (χ1) is 13.5. The van der Waals surface area contributed by atoms with Crippen LogP contribution >= 0.6 is 23.2 Å². The maximum Gasteiger partial charge on any atom is 0.225 e. The molecule has 2 aromatic rings. The van der Waals surface area contributed by atoms with Gasteiger partial charge in [-0.05, 0) is 41.5 Å². The van der Waals surface area contributed by atoms with Crippen molar-refractivity contribution in [3.05, 3.63) is 80.5 Å². The standard InChI is InChI=1S/C23H21Cl2NO2/c1-2-13-6-8-14(9-7-13)15-10-19-22(20(27)11-15)17(12-21(28)26-19)16-4-3-5-18(24)23(16)25/h3-9,15,17H,2,10-12H2,1H3,(H,26,28). The van der Waals surface area contributed by atoms with Gasteiger partial charge in [0.2, 0.25) is 5.91 Å². The molecule has 1 aliphatic carbocycles. The van der Waals surface area contributed by atoms with Crippen LogP contribution < -0.4 is 5.32 Å². The van der Waals surface area contributed by atoms with E-state index in [9.17, 15) is 9.59 Å². The van der Waals surface area contributed by atoms with Gasteiger partial charge in [-0.25, -0.2) is 0 Å². The highest BCUT2D eigenvalue weighted by Gasteiger charge is 2.39. The lowest BCUT2D eigenvalue weighted by Gasteiger charge is -2.35. The molecule has 0 fully saturated rings. The second kappa shape index (κ2) is 7.73. The Morgan fingerprint density at radius 1 is 1.00 bits per heavy atom. The summed E-state index contributed by atoms with van der Waals surface area (Å²) in [6, 6.07) is 13.8. The van der Waals surface area contributed by atoms with E-state index in [-0.39, 0.29) is 29.9 Å². The molecule has 2 aliphatic rings. The van der Waals surface area contributed by atoms with Crippen LogP contribution in [0.5, 0.6) is 0 Å². The van der Waals surface area contributed by atoms with Gasteiger partial charge in [0.25, 0.3) is 0 Å². The molecule has 1 aliphatic heterocycles. The molecule has 0 radical (unpaired) electrons. The van der Waals surface area contributed by atoms with Gasteiger partial charge in [0.1, 0.15) is 0 Å². The second-order valence-electron chi connectivity index (χ2n) is 7.46. The van der Waals surface area contributed by atoms with Gasteiger partial charge < -0.3 is 5.32 Å². The predicted molar refractivity (Wildman–Crippen MR) is 112 cm³/mol. The largest absolute Gasteiger partial charge is 0.329 e. The van der Waals surface area contributed by atoms with Crippen molar-refractivity contribution < 1.29 is 9.59 Å². The Hall–Kier alpha value is -2.10. The molecule has 1 heterocycles. The van der Waals surface area contributed by atoms with Crippen LogP contribution in [-0.2, 0) is 16.0 Å². The summed E-state index contributed by atoms with van der Waals surface area (Å²) < 4.78 is 0. The maximum absolute atomic E-state index is 13.1. The van der Waals surface area contributed by atoms with E-state index in [1.54, 1.807) is 6.07 Å². The van der Waals surface area contributed by atoms with Crippen LogP contribution in [0, 0.1) is 0 Å². The van der Waals surface area contributed by atoms with Crippen LogP contribution in [0.15, 0.2) is 53.7 Å². The lowest BCUT2D eigenvalue weighted by atomic mass is 9.73. The zero-order valence-electron chi connectivity index (χ0n) is 15.6. The van der Waals surface area contributed by atoms with Gasteiger partial charge in [0.05, 0.1) is 10.0 Å². The van der Waals surface area contributed by atoms with Gasteiger partial charge in [-0.15, -0.1) is 0 Å². The number of carbonyl (C=O) groups is 2. The van der Waals surface area contributed by atoms with E-state index in [1.807, 2.05) is 12.1 Å². The molecule has 1 N–H and O–H groups in total. The molecule has 4 rings (SSSR count). The lowest BCUT2D eigenvalue weighted by Crippen LogP contribution is -2.38. The number of allylic oxidation sites excluding steroid dienone is 2. The van der Waals surface area contributed by atoms with E-state index < -0.39 is 0 Å². The third-order valence-corrected chi connectivity index (χ3v) is 6.59. The highest BCUT2D eigenvalue weighted by Crippen LogP contribution is 2.45. The highest BCUT2D eigenvalue weighted by atomic mass is 35.5. The summed E-state index contributed by atoms with van der Waals surface area (Å²) >= 11 is 12.6. The third-order valence-electron chi connectivity index (χ3n) is 5.75. The monoisotopic (exact) mass is 413 g/mol. The summed E-state index contributed by atoms with van der Waals surface area (Å²) in [7, 11) is 0. The van der Waals surface area contributed by atoms with E-state index in [0.717, 1.165) is 23.2 Å². The molecule has 0 saturated carbocycles. The summed E-state index contributed by atoms with van der Waals surface area (Å²) in [4.78, 5) is 25.5. The summed E-state index contributed by atoms with van der Waals surface area (Å²) in [5, 5.41) is 3.80. The average molecular weight is 414 g/mol. The molecule has 144 valence electrons. The van der Waals surface area contributed by atoms with Crippen LogP contribution in [0.25, 0.3) is 0 Å². The molecule has 5 heteroatoms. The van der Waals surface area contributed by atoms with Crippen molar-refractivity contribution in [3.63, 3.8) is 0 Å². The fourth-order valence-corrected chi connectivity index (χ4v) is 4.72. The minimum Gasteiger partial charge on any atom is -0.329 e. The zero-order valence-corrected chi connectivity index (χ0v) is 17.1. The van der Waals surface area contributed by atoms with Crippen molar-refractivity contribution in [2.45, 2.75) is 44.4 Å². The summed E-state index contributed by atoms with van der Waals surface area (Å²) in [5.41, 5.74) is 4.57. The Morgan fingerprint density at radius 3 is 2.46 bits per heavy atom. The fourth-order valence-electron chi connectivity index (χ4n) is 4.28. The Morgan fingerprint density at radius 2 is 1.75 bits per heavy atom. The Bertz CT molecular complexity index is 979. The van der Waals surface area contributed by atoms with Gasteiger partial charge in [-0.2, -0.15) is 0 Å². The Balaban J connectivity index is 1.71. The molecule has 2 aromatic carbocycles. The van der Waals surface area contributed by atoms with Gasteiger partial charge in [0, 0.05) is 30.0 Å². The van der Waals surface area contributed by atoms with Gasteiger partial charge >= 0.3 is 0 Å². The molecule has 2 atom stereocenters. The first kappa shape index (κ1) is 19.2. The number of hydrogen-bond acceptors (Lipinski definition) is 2. The van der Waals surface area contributed by atoms with Crippen molar-refractivity contribution in [1.82, 2.24) is 5.32 Å². The quantitative estimate of drug-likeness (QED) is 0.715. The fraction of sp³-hybridized carbons (Fsp3) is 0.304. The van der Waals surface area contributed by atoms with Crippen molar-refractivity contribution in [2.75, 3.05) is 0 Å². The van der Waals surface area contributed by atoms with Gasteiger partial charge in [-0.3, -0.25) is 9.59 Å². The highest BCUT2D eigenvalue weighted by molar-refractivity contribution is 6.42. The molecule has 0 saturated heterocycles. The Kier molecular flexibility index (Phi) is 5.31. The van der Waals surface area contributed by atoms with E-state index >= 15 is 0 Å². The number of Topliss-reactive ketones (excluding diaryl/α,β-unsaturated/α-hetero) is 1. The van der Waals surface area contributed by atoms with Crippen molar-refractivity contribution in [1.29, 1.82) is 0 Å². The summed E-state index contributed by atoms with van der Waals surface area (Å²) in [5.74, 6) is -0.279. The Labute approximate surface area is 174 Å². The van der Waals surface area contributed by atoms with E-state index in [2.05, 4.69) is 36.5 Å². The van der Waals surface area contributed by atoms with Crippen molar-refractivity contribution >= 4 is 34.9 Å². The molecule has 3 nitrogen and oxygen atoms in total. The third kappa shape index (κ3) is 3.49. The van der Waals surface area contributed by atoms with E-state index in [0.29, 0.717) is 28.5 Å². The molecule has 2 unspecified atom stereocenters. The molecular weight excluding hydrogens is 393 g/mol. The number of benzene rings is 2. The minimum atomic E-state index is -0.342. The van der Waals surface area contributed by atoms with Crippen molar-refractivity contribution in [2.24, 2.45) is 0 Å². The maximum atomic E-state index is 13.1. The van der Waals surface area contributed by atoms with Crippen LogP contribution in [0.3, 0.4) is 0 Å². The number of ketones is 1. The number of aryl methyl sites for hydroxylation is 1. The number of carbonyl (C=O) groups excluding carboxylic acids is 2. The summed E-state index contributed by atoms with van der Waals surface area (Å²) in [6.07, 6.45) is 2.28. The van der Waals surface area contributed by atoms with Crippen LogP contribution in [0.4, 0.5) is 0 Å². The smallest absolute Gasteiger partial charge is 0.225 e. The number of halogens is 2. The first-order valence-corrected chi connectivity index (χ1v) is 10.3. The van der Waals surface area contributed by atoms with E-state index in [1.165, 1.54) is 5.56 Å². The number of rotatable bonds is 3. The van der Waals surface area contributed by atoms with Crippen LogP contribution in [0.1, 0.15) is 54.7 Å². The van der Waals surface area contributed by atoms with Gasteiger partial charge in [-0.1, -0.05) is 66.5 Å². The van der Waals surface area contributed by atoms with Crippen LogP contribution in [-0.4, -0.2) is 11.7 Å².